The first-order chi connectivity index (χ1) is 11.3. The van der Waals surface area contributed by atoms with Gasteiger partial charge in [0.1, 0.15) is 0 Å². The van der Waals surface area contributed by atoms with Gasteiger partial charge >= 0.3 is 5.91 Å². The number of carbonyl (C=O) groups excluding carboxylic acids is 1. The van der Waals surface area contributed by atoms with Gasteiger partial charge in [-0.05, 0) is 23.3 Å². The summed E-state index contributed by atoms with van der Waals surface area (Å²) in [6.07, 6.45) is 0. The predicted molar refractivity (Wildman–Crippen MR) is 89.8 cm³/mol. The van der Waals surface area contributed by atoms with E-state index in [1.165, 1.54) is 0 Å². The van der Waals surface area contributed by atoms with Crippen molar-refractivity contribution in [2.75, 3.05) is 6.54 Å². The normalized spacial score (nSPS) is 13.3. The molecule has 1 aliphatic heterocycles. The van der Waals surface area contributed by atoms with Crippen molar-refractivity contribution in [1.29, 1.82) is 0 Å². The molecule has 1 aromatic heterocycles. The number of nitrogens with one attached hydrogen (secondary N) is 1. The van der Waals surface area contributed by atoms with E-state index in [4.69, 9.17) is 0 Å². The largest absolute Gasteiger partial charge is 0.340 e. The summed E-state index contributed by atoms with van der Waals surface area (Å²) in [5.74, 6) is -0.00814. The van der Waals surface area contributed by atoms with Gasteiger partial charge in [0.15, 0.2) is 6.54 Å². The van der Waals surface area contributed by atoms with Gasteiger partial charge < -0.3 is 5.32 Å². The zero-order chi connectivity index (χ0) is 15.6. The van der Waals surface area contributed by atoms with E-state index in [0.717, 1.165) is 34.6 Å². The van der Waals surface area contributed by atoms with Crippen LogP contribution in [0.1, 0.15) is 10.5 Å². The van der Waals surface area contributed by atoms with Gasteiger partial charge in [-0.25, -0.2) is 0 Å². The lowest BCUT2D eigenvalue weighted by molar-refractivity contribution is -0.688. The highest BCUT2D eigenvalue weighted by molar-refractivity contribution is 5.93. The topological polar surface area (TPSA) is 33.0 Å². The molecule has 112 valence electrons. The monoisotopic (exact) mass is 301 g/mol. The third kappa shape index (κ3) is 2.50. The predicted octanol–water partition coefficient (Wildman–Crippen LogP) is 3.05. The fourth-order valence-electron chi connectivity index (χ4n) is 3.07. The second-order valence-corrected chi connectivity index (χ2v) is 5.65. The van der Waals surface area contributed by atoms with Crippen LogP contribution < -0.4 is 9.88 Å². The maximum absolute atomic E-state index is 12.3. The average molecular weight is 301 g/mol. The van der Waals surface area contributed by atoms with Crippen molar-refractivity contribution < 1.29 is 9.36 Å². The Hall–Kier alpha value is -2.94. The number of hydrogen-bond donors (Lipinski definition) is 1. The molecule has 2 aromatic carbocycles. The minimum Gasteiger partial charge on any atom is -0.340 e. The molecule has 2 heterocycles. The standard InChI is InChI=1S/C20H16N2O/c23-20-19-14-17(15-7-3-1-4-8-15)13-18(22(19)12-11-21-20)16-9-5-2-6-10-16/h1-10,13-14H,11-12H2/p+1. The summed E-state index contributed by atoms with van der Waals surface area (Å²) in [5.41, 5.74) is 5.11. The van der Waals surface area contributed by atoms with Crippen LogP contribution in [-0.4, -0.2) is 12.5 Å². The number of carbonyl (C=O) groups is 1. The van der Waals surface area contributed by atoms with Gasteiger partial charge in [-0.2, -0.15) is 4.57 Å². The Bertz CT molecular complexity index is 858. The molecule has 0 spiro atoms. The number of benzene rings is 2. The average Bonchev–Trinajstić information content (AvgIpc) is 2.63. The summed E-state index contributed by atoms with van der Waals surface area (Å²) in [6, 6.07) is 24.6. The minimum absolute atomic E-state index is 0.00814. The fourth-order valence-corrected chi connectivity index (χ4v) is 3.07. The lowest BCUT2D eigenvalue weighted by Crippen LogP contribution is -2.53. The summed E-state index contributed by atoms with van der Waals surface area (Å²) in [4.78, 5) is 12.3. The van der Waals surface area contributed by atoms with Gasteiger partial charge in [0.2, 0.25) is 5.69 Å². The second-order valence-electron chi connectivity index (χ2n) is 5.65. The Balaban J connectivity index is 1.97. The molecule has 4 rings (SSSR count). The maximum atomic E-state index is 12.3. The molecule has 0 radical (unpaired) electrons. The molecular weight excluding hydrogens is 284 g/mol. The van der Waals surface area contributed by atoms with Crippen molar-refractivity contribution in [2.45, 2.75) is 6.54 Å². The molecule has 0 unspecified atom stereocenters. The van der Waals surface area contributed by atoms with Gasteiger partial charge in [-0.3, -0.25) is 4.79 Å². The van der Waals surface area contributed by atoms with E-state index >= 15 is 0 Å². The van der Waals surface area contributed by atoms with Crippen LogP contribution in [0.15, 0.2) is 72.8 Å². The molecule has 0 saturated carbocycles. The Labute approximate surface area is 135 Å². The quantitative estimate of drug-likeness (QED) is 0.725. The lowest BCUT2D eigenvalue weighted by atomic mass is 10.0. The fraction of sp³-hybridized carbons (Fsp3) is 0.100. The summed E-state index contributed by atoms with van der Waals surface area (Å²) in [5, 5.41) is 2.94. The second kappa shape index (κ2) is 5.69. The van der Waals surface area contributed by atoms with Crippen molar-refractivity contribution in [3.8, 4) is 22.4 Å². The molecule has 1 aliphatic rings. The zero-order valence-corrected chi connectivity index (χ0v) is 12.7. The first-order valence-electron chi connectivity index (χ1n) is 7.80. The van der Waals surface area contributed by atoms with Crippen LogP contribution in [0.25, 0.3) is 22.4 Å². The Kier molecular flexibility index (Phi) is 3.39. The van der Waals surface area contributed by atoms with E-state index in [0.29, 0.717) is 6.54 Å². The number of amides is 1. The van der Waals surface area contributed by atoms with Gasteiger partial charge in [0.05, 0.1) is 6.54 Å². The van der Waals surface area contributed by atoms with E-state index in [1.807, 2.05) is 42.5 Å². The number of nitrogens with zero attached hydrogens (tertiary/aromatic N) is 1. The molecular formula is C20H17N2O+. The smallest absolute Gasteiger partial charge is 0.316 e. The van der Waals surface area contributed by atoms with Crippen LogP contribution in [0.2, 0.25) is 0 Å². The first-order valence-corrected chi connectivity index (χ1v) is 7.80. The molecule has 23 heavy (non-hydrogen) atoms. The van der Waals surface area contributed by atoms with Crippen molar-refractivity contribution in [1.82, 2.24) is 5.32 Å². The van der Waals surface area contributed by atoms with Crippen LogP contribution in [0.4, 0.5) is 0 Å². The Morgan fingerprint density at radius 2 is 1.35 bits per heavy atom. The third-order valence-electron chi connectivity index (χ3n) is 4.20. The van der Waals surface area contributed by atoms with Gasteiger partial charge in [0.25, 0.3) is 5.69 Å². The van der Waals surface area contributed by atoms with Gasteiger partial charge in [0, 0.05) is 17.7 Å². The van der Waals surface area contributed by atoms with Crippen LogP contribution in [0.5, 0.6) is 0 Å². The molecule has 3 aromatic rings. The summed E-state index contributed by atoms with van der Waals surface area (Å²) in [7, 11) is 0. The Morgan fingerprint density at radius 1 is 0.739 bits per heavy atom. The minimum atomic E-state index is -0.00814. The highest BCUT2D eigenvalue weighted by Gasteiger charge is 2.29. The van der Waals surface area contributed by atoms with E-state index in [1.54, 1.807) is 0 Å². The molecule has 3 nitrogen and oxygen atoms in total. The van der Waals surface area contributed by atoms with E-state index < -0.39 is 0 Å². The molecule has 0 fully saturated rings. The maximum Gasteiger partial charge on any atom is 0.316 e. The molecule has 1 N–H and O–H groups in total. The molecule has 3 heteroatoms. The Morgan fingerprint density at radius 3 is 2.04 bits per heavy atom. The van der Waals surface area contributed by atoms with Crippen molar-refractivity contribution >= 4 is 5.91 Å². The van der Waals surface area contributed by atoms with Gasteiger partial charge in [-0.1, -0.05) is 48.5 Å². The molecule has 0 atom stereocenters. The van der Waals surface area contributed by atoms with Crippen LogP contribution in [-0.2, 0) is 6.54 Å². The van der Waals surface area contributed by atoms with Crippen LogP contribution in [0, 0.1) is 0 Å². The summed E-state index contributed by atoms with van der Waals surface area (Å²) in [6.45, 7) is 1.46. The SMILES string of the molecule is O=C1NCC[n+]2c1cc(-c1ccccc1)cc2-c1ccccc1. The summed E-state index contributed by atoms with van der Waals surface area (Å²) < 4.78 is 2.11. The highest BCUT2D eigenvalue weighted by atomic mass is 16.2. The van der Waals surface area contributed by atoms with E-state index in [9.17, 15) is 4.79 Å². The zero-order valence-electron chi connectivity index (χ0n) is 12.7. The van der Waals surface area contributed by atoms with Crippen LogP contribution >= 0.6 is 0 Å². The van der Waals surface area contributed by atoms with E-state index in [2.05, 4.69) is 40.2 Å². The first kappa shape index (κ1) is 13.7. The lowest BCUT2D eigenvalue weighted by Gasteiger charge is -2.16. The van der Waals surface area contributed by atoms with E-state index in [-0.39, 0.29) is 5.91 Å². The number of rotatable bonds is 2. The molecule has 1 amide bonds. The van der Waals surface area contributed by atoms with Crippen molar-refractivity contribution in [3.05, 3.63) is 78.5 Å². The molecule has 0 aliphatic carbocycles. The number of hydrogen-bond acceptors (Lipinski definition) is 1. The molecule has 0 bridgehead atoms. The van der Waals surface area contributed by atoms with Crippen molar-refractivity contribution in [2.24, 2.45) is 0 Å². The van der Waals surface area contributed by atoms with Crippen molar-refractivity contribution in [3.63, 3.8) is 0 Å². The number of fused-ring (bicyclic) bond motifs is 1. The number of aromatic nitrogens is 1. The van der Waals surface area contributed by atoms with Gasteiger partial charge in [-0.15, -0.1) is 0 Å². The third-order valence-corrected chi connectivity index (χ3v) is 4.20. The summed E-state index contributed by atoms with van der Waals surface area (Å²) >= 11 is 0. The van der Waals surface area contributed by atoms with Crippen LogP contribution in [0.3, 0.4) is 0 Å². The molecule has 0 saturated heterocycles. The highest BCUT2D eigenvalue weighted by Crippen LogP contribution is 2.25. The number of pyridine rings is 1.